The highest BCUT2D eigenvalue weighted by molar-refractivity contribution is 6.03. The molecule has 2 aromatic rings. The number of hydrogen-bond acceptors (Lipinski definition) is 7. The van der Waals surface area contributed by atoms with E-state index in [-0.39, 0.29) is 65.8 Å². The van der Waals surface area contributed by atoms with Crippen LogP contribution < -0.4 is 15.4 Å². The van der Waals surface area contributed by atoms with Crippen molar-refractivity contribution in [1.82, 2.24) is 14.8 Å². The summed E-state index contributed by atoms with van der Waals surface area (Å²) in [7, 11) is 1.61. The first kappa shape index (κ1) is 25.9. The van der Waals surface area contributed by atoms with Gasteiger partial charge in [-0.1, -0.05) is 12.6 Å². The smallest absolute Gasteiger partial charge is 0.262 e. The van der Waals surface area contributed by atoms with E-state index in [1.54, 1.807) is 16.9 Å². The number of rotatable bonds is 4. The van der Waals surface area contributed by atoms with Gasteiger partial charge in [0.05, 0.1) is 23.2 Å². The molecule has 9 nitrogen and oxygen atoms in total. The minimum Gasteiger partial charge on any atom is -0.487 e. The topological polar surface area (TPSA) is 101 Å². The van der Waals surface area contributed by atoms with Crippen LogP contribution in [0.5, 0.6) is 5.75 Å². The van der Waals surface area contributed by atoms with E-state index in [4.69, 9.17) is 15.2 Å². The lowest BCUT2D eigenvalue weighted by Gasteiger charge is -2.40. The Hall–Kier alpha value is -3.73. The van der Waals surface area contributed by atoms with Crippen LogP contribution in [-0.2, 0) is 9.53 Å². The summed E-state index contributed by atoms with van der Waals surface area (Å²) in [5.74, 6) is -2.54. The third-order valence-electron chi connectivity index (χ3n) is 7.86. The van der Waals surface area contributed by atoms with Gasteiger partial charge >= 0.3 is 0 Å². The molecule has 3 aliphatic rings. The summed E-state index contributed by atoms with van der Waals surface area (Å²) in [5, 5.41) is 0. The van der Waals surface area contributed by atoms with Crippen molar-refractivity contribution in [2.45, 2.75) is 38.0 Å². The van der Waals surface area contributed by atoms with Crippen molar-refractivity contribution in [2.24, 2.45) is 0 Å². The van der Waals surface area contributed by atoms with Crippen molar-refractivity contribution >= 4 is 23.3 Å². The minimum absolute atomic E-state index is 0.00805. The molecule has 202 valence electrons. The van der Waals surface area contributed by atoms with Crippen molar-refractivity contribution < 1.29 is 27.8 Å². The van der Waals surface area contributed by atoms with Gasteiger partial charge in [0.25, 0.3) is 5.91 Å². The molecule has 0 aliphatic carbocycles. The van der Waals surface area contributed by atoms with Gasteiger partial charge in [0.15, 0.2) is 11.6 Å². The van der Waals surface area contributed by atoms with Crippen LogP contribution in [0.15, 0.2) is 30.9 Å². The molecule has 1 aromatic heterocycles. The Labute approximate surface area is 219 Å². The largest absolute Gasteiger partial charge is 0.487 e. The average Bonchev–Trinajstić information content (AvgIpc) is 3.11. The molecule has 5 rings (SSSR count). The highest BCUT2D eigenvalue weighted by atomic mass is 19.1. The Bertz CT molecular complexity index is 1300. The third-order valence-corrected chi connectivity index (χ3v) is 7.86. The molecule has 4 heterocycles. The molecule has 3 aliphatic heterocycles. The number of anilines is 2. The van der Waals surface area contributed by atoms with Crippen LogP contribution >= 0.6 is 0 Å². The Morgan fingerprint density at radius 3 is 2.68 bits per heavy atom. The maximum Gasteiger partial charge on any atom is 0.262 e. The van der Waals surface area contributed by atoms with Crippen LogP contribution in [0.1, 0.15) is 30.6 Å². The predicted molar refractivity (Wildman–Crippen MR) is 138 cm³/mol. The summed E-state index contributed by atoms with van der Waals surface area (Å²) in [6.45, 7) is 8.60. The number of nitrogens with zero attached hydrogens (tertiary/aromatic N) is 4. The maximum absolute atomic E-state index is 16.2. The van der Waals surface area contributed by atoms with Crippen molar-refractivity contribution in [3.05, 3.63) is 48.1 Å². The van der Waals surface area contributed by atoms with Gasteiger partial charge in [0, 0.05) is 39.0 Å². The lowest BCUT2D eigenvalue weighted by Crippen LogP contribution is -2.57. The van der Waals surface area contributed by atoms with Gasteiger partial charge in [0.2, 0.25) is 5.91 Å². The Morgan fingerprint density at radius 2 is 2.03 bits per heavy atom. The van der Waals surface area contributed by atoms with Crippen LogP contribution in [0.2, 0.25) is 0 Å². The fourth-order valence-corrected chi connectivity index (χ4v) is 5.77. The standard InChI is InChI=1S/C27H31F2N5O4/c1-5-19(35)32-11-12-33-15(13-32)14-38-24-21(26(33)36)25(34-10-9-18(37-4)27(34,2)3)31-23(22(24)29)20-16(28)7-6-8-17(20)30/h5-8,15,18H,1,9-14,30H2,2-4H3. The number of carbonyl (C=O) groups excluding carboxylic acids is 2. The maximum atomic E-state index is 16.2. The number of halogens is 2. The normalized spacial score (nSPS) is 22.4. The molecule has 0 spiro atoms. The predicted octanol–water partition coefficient (Wildman–Crippen LogP) is 2.84. The Kier molecular flexibility index (Phi) is 6.50. The first-order valence-corrected chi connectivity index (χ1v) is 12.5. The summed E-state index contributed by atoms with van der Waals surface area (Å²) in [5.41, 5.74) is 4.90. The molecule has 11 heteroatoms. The molecule has 0 radical (unpaired) electrons. The van der Waals surface area contributed by atoms with E-state index in [1.807, 2.05) is 18.7 Å². The van der Waals surface area contributed by atoms with Gasteiger partial charge in [-0.3, -0.25) is 9.59 Å². The van der Waals surface area contributed by atoms with Crippen LogP contribution in [0.25, 0.3) is 11.3 Å². The second-order valence-electron chi connectivity index (χ2n) is 10.3. The van der Waals surface area contributed by atoms with Crippen LogP contribution in [0.4, 0.5) is 20.3 Å². The Morgan fingerprint density at radius 1 is 1.26 bits per heavy atom. The SMILES string of the molecule is C=CC(=O)N1CCN2C(=O)c3c(N4CCC(OC)C4(C)C)nc(-c4c(N)cccc4F)c(F)c3OCC2C1. The zero-order chi connectivity index (χ0) is 27.4. The first-order chi connectivity index (χ1) is 18.1. The fraction of sp³-hybridized carbons (Fsp3) is 0.444. The fourth-order valence-electron chi connectivity index (χ4n) is 5.77. The molecule has 0 saturated carbocycles. The summed E-state index contributed by atoms with van der Waals surface area (Å²) in [4.78, 5) is 35.9. The zero-order valence-corrected chi connectivity index (χ0v) is 21.7. The molecular weight excluding hydrogens is 496 g/mol. The number of methoxy groups -OCH3 is 1. The number of amides is 2. The minimum atomic E-state index is -0.965. The van der Waals surface area contributed by atoms with E-state index in [9.17, 15) is 14.0 Å². The third kappa shape index (κ3) is 3.96. The molecule has 2 N–H and O–H groups in total. The van der Waals surface area contributed by atoms with Crippen LogP contribution in [0.3, 0.4) is 0 Å². The van der Waals surface area contributed by atoms with Gasteiger partial charge in [-0.25, -0.2) is 13.8 Å². The van der Waals surface area contributed by atoms with Crippen molar-refractivity contribution in [2.75, 3.05) is 50.5 Å². The molecule has 2 unspecified atom stereocenters. The Balaban J connectivity index is 1.70. The number of carbonyl (C=O) groups is 2. The molecule has 2 atom stereocenters. The quantitative estimate of drug-likeness (QED) is 0.482. The van der Waals surface area contributed by atoms with E-state index in [0.29, 0.717) is 19.5 Å². The molecule has 2 amide bonds. The molecule has 0 bridgehead atoms. The number of piperazine rings is 1. The summed E-state index contributed by atoms with van der Waals surface area (Å²) in [6.07, 6.45) is 1.68. The van der Waals surface area contributed by atoms with Gasteiger partial charge in [0.1, 0.15) is 29.5 Å². The molecular formula is C27H31F2N5O4. The second-order valence-corrected chi connectivity index (χ2v) is 10.3. The zero-order valence-electron chi connectivity index (χ0n) is 21.7. The van der Waals surface area contributed by atoms with E-state index >= 15 is 4.39 Å². The van der Waals surface area contributed by atoms with Gasteiger partial charge in [-0.15, -0.1) is 0 Å². The number of aromatic nitrogens is 1. The number of hydrogen-bond donors (Lipinski definition) is 1. The molecule has 2 fully saturated rings. The van der Waals surface area contributed by atoms with Crippen molar-refractivity contribution in [1.29, 1.82) is 0 Å². The van der Waals surface area contributed by atoms with Gasteiger partial charge in [-0.2, -0.15) is 0 Å². The summed E-state index contributed by atoms with van der Waals surface area (Å²) >= 11 is 0. The van der Waals surface area contributed by atoms with Crippen LogP contribution in [-0.4, -0.2) is 84.2 Å². The lowest BCUT2D eigenvalue weighted by atomic mass is 9.97. The van der Waals surface area contributed by atoms with E-state index in [1.165, 1.54) is 24.3 Å². The first-order valence-electron chi connectivity index (χ1n) is 12.5. The van der Waals surface area contributed by atoms with Gasteiger partial charge < -0.3 is 29.9 Å². The van der Waals surface area contributed by atoms with Gasteiger partial charge in [-0.05, 0) is 38.5 Å². The molecule has 1 aromatic carbocycles. The molecule has 38 heavy (non-hydrogen) atoms. The summed E-state index contributed by atoms with van der Waals surface area (Å²) < 4.78 is 42.9. The monoisotopic (exact) mass is 527 g/mol. The van der Waals surface area contributed by atoms with E-state index < -0.39 is 29.1 Å². The number of ether oxygens (including phenoxy) is 2. The van der Waals surface area contributed by atoms with Crippen molar-refractivity contribution in [3.8, 4) is 17.0 Å². The van der Waals surface area contributed by atoms with Crippen molar-refractivity contribution in [3.63, 3.8) is 0 Å². The number of nitrogens with two attached hydrogens (primary N) is 1. The highest BCUT2D eigenvalue weighted by Gasteiger charge is 2.47. The average molecular weight is 528 g/mol. The number of fused-ring (bicyclic) bond motifs is 2. The number of pyridine rings is 1. The second kappa shape index (κ2) is 9.54. The lowest BCUT2D eigenvalue weighted by molar-refractivity contribution is -0.128. The van der Waals surface area contributed by atoms with E-state index in [0.717, 1.165) is 0 Å². The number of benzene rings is 1. The van der Waals surface area contributed by atoms with Crippen LogP contribution in [0, 0.1) is 11.6 Å². The number of nitrogen functional groups attached to an aromatic ring is 1. The molecule has 2 saturated heterocycles. The summed E-state index contributed by atoms with van der Waals surface area (Å²) in [6, 6.07) is 3.55. The van der Waals surface area contributed by atoms with E-state index in [2.05, 4.69) is 11.6 Å². The highest BCUT2D eigenvalue weighted by Crippen LogP contribution is 2.45.